The summed E-state index contributed by atoms with van der Waals surface area (Å²) in [4.78, 5) is 0. The van der Waals surface area contributed by atoms with E-state index < -0.39 is 0 Å². The van der Waals surface area contributed by atoms with E-state index in [2.05, 4.69) is 20.8 Å². The first-order valence-corrected chi connectivity index (χ1v) is 4.54. The molecule has 4 atom stereocenters. The van der Waals surface area contributed by atoms with E-state index >= 15 is 0 Å². The molecule has 0 radical (unpaired) electrons. The van der Waals surface area contributed by atoms with Crippen LogP contribution >= 0.6 is 0 Å². The molecule has 66 valence electrons. The number of hydrogen-bond acceptors (Lipinski definition) is 2. The molecule has 1 aliphatic heterocycles. The molecule has 2 N–H and O–H groups in total. The van der Waals surface area contributed by atoms with Crippen molar-refractivity contribution in [3.63, 3.8) is 0 Å². The molecule has 0 amide bonds. The third-order valence-electron chi connectivity index (χ3n) is 2.91. The van der Waals surface area contributed by atoms with E-state index in [9.17, 15) is 0 Å². The molecule has 1 rings (SSSR count). The summed E-state index contributed by atoms with van der Waals surface area (Å²) < 4.78 is 5.60. The van der Waals surface area contributed by atoms with Crippen LogP contribution in [-0.4, -0.2) is 18.8 Å². The fraction of sp³-hybridized carbons (Fsp3) is 1.00. The summed E-state index contributed by atoms with van der Waals surface area (Å²) >= 11 is 0. The molecule has 0 spiro atoms. The van der Waals surface area contributed by atoms with Gasteiger partial charge < -0.3 is 10.5 Å². The first-order valence-electron chi connectivity index (χ1n) is 4.54. The molecule has 0 aromatic heterocycles. The minimum Gasteiger partial charge on any atom is -0.376 e. The number of nitrogens with two attached hydrogens (primary N) is 1. The summed E-state index contributed by atoms with van der Waals surface area (Å²) in [5.74, 6) is 1.22. The van der Waals surface area contributed by atoms with Crippen molar-refractivity contribution >= 4 is 0 Å². The van der Waals surface area contributed by atoms with Crippen LogP contribution in [0.5, 0.6) is 0 Å². The second-order valence-corrected chi connectivity index (χ2v) is 3.69. The van der Waals surface area contributed by atoms with Gasteiger partial charge >= 0.3 is 0 Å². The second kappa shape index (κ2) is 3.55. The SMILES string of the molecule is CC[C@H]1OC[C@H](C)[C@@H](C)[C@H]1N. The van der Waals surface area contributed by atoms with E-state index in [1.54, 1.807) is 0 Å². The largest absolute Gasteiger partial charge is 0.376 e. The average Bonchev–Trinajstić information content (AvgIpc) is 2.01. The molecule has 2 nitrogen and oxygen atoms in total. The van der Waals surface area contributed by atoms with E-state index in [0.29, 0.717) is 17.9 Å². The van der Waals surface area contributed by atoms with Crippen LogP contribution in [0, 0.1) is 11.8 Å². The Morgan fingerprint density at radius 2 is 2.09 bits per heavy atom. The molecule has 0 aromatic rings. The third-order valence-corrected chi connectivity index (χ3v) is 2.91. The Labute approximate surface area is 69.1 Å². The molecule has 1 heterocycles. The van der Waals surface area contributed by atoms with Gasteiger partial charge in [0.1, 0.15) is 0 Å². The molecule has 0 unspecified atom stereocenters. The number of hydrogen-bond donors (Lipinski definition) is 1. The Kier molecular flexibility index (Phi) is 2.90. The second-order valence-electron chi connectivity index (χ2n) is 3.69. The summed E-state index contributed by atoms with van der Waals surface area (Å²) in [5.41, 5.74) is 6.00. The average molecular weight is 157 g/mol. The molecule has 1 aliphatic rings. The van der Waals surface area contributed by atoms with E-state index in [4.69, 9.17) is 10.5 Å². The fourth-order valence-electron chi connectivity index (χ4n) is 1.65. The van der Waals surface area contributed by atoms with E-state index in [1.165, 1.54) is 0 Å². The summed E-state index contributed by atoms with van der Waals surface area (Å²) in [6.45, 7) is 7.44. The van der Waals surface area contributed by atoms with Gasteiger partial charge in [-0.25, -0.2) is 0 Å². The van der Waals surface area contributed by atoms with Crippen LogP contribution in [0.3, 0.4) is 0 Å². The Balaban J connectivity index is 2.52. The maximum absolute atomic E-state index is 6.00. The molecule has 0 saturated carbocycles. The predicted molar refractivity (Wildman–Crippen MR) is 46.3 cm³/mol. The zero-order valence-corrected chi connectivity index (χ0v) is 7.71. The van der Waals surface area contributed by atoms with Crippen molar-refractivity contribution in [3.05, 3.63) is 0 Å². The van der Waals surface area contributed by atoms with Crippen LogP contribution in [0.15, 0.2) is 0 Å². The number of rotatable bonds is 1. The van der Waals surface area contributed by atoms with Gasteiger partial charge in [-0.3, -0.25) is 0 Å². The molecule has 0 aliphatic carbocycles. The predicted octanol–water partition coefficient (Wildman–Crippen LogP) is 1.39. The molecular weight excluding hydrogens is 138 g/mol. The molecule has 0 aromatic carbocycles. The van der Waals surface area contributed by atoms with Crippen molar-refractivity contribution in [1.82, 2.24) is 0 Å². The van der Waals surface area contributed by atoms with Gasteiger partial charge in [0, 0.05) is 12.6 Å². The molecule has 1 saturated heterocycles. The van der Waals surface area contributed by atoms with Crippen molar-refractivity contribution in [2.75, 3.05) is 6.61 Å². The zero-order chi connectivity index (χ0) is 8.43. The summed E-state index contributed by atoms with van der Waals surface area (Å²) in [5, 5.41) is 0. The Morgan fingerprint density at radius 3 is 2.64 bits per heavy atom. The van der Waals surface area contributed by atoms with Gasteiger partial charge in [0.05, 0.1) is 6.10 Å². The van der Waals surface area contributed by atoms with Crippen molar-refractivity contribution in [3.8, 4) is 0 Å². The smallest absolute Gasteiger partial charge is 0.0726 e. The van der Waals surface area contributed by atoms with Crippen molar-refractivity contribution in [2.24, 2.45) is 17.6 Å². The van der Waals surface area contributed by atoms with Crippen LogP contribution in [0.4, 0.5) is 0 Å². The fourth-order valence-corrected chi connectivity index (χ4v) is 1.65. The van der Waals surface area contributed by atoms with Crippen molar-refractivity contribution in [1.29, 1.82) is 0 Å². The van der Waals surface area contributed by atoms with Crippen LogP contribution < -0.4 is 5.73 Å². The van der Waals surface area contributed by atoms with Gasteiger partial charge in [0.25, 0.3) is 0 Å². The van der Waals surface area contributed by atoms with Gasteiger partial charge in [0.2, 0.25) is 0 Å². The maximum atomic E-state index is 6.00. The molecule has 0 bridgehead atoms. The highest BCUT2D eigenvalue weighted by atomic mass is 16.5. The first kappa shape index (κ1) is 9.01. The van der Waals surface area contributed by atoms with Crippen LogP contribution in [0.25, 0.3) is 0 Å². The van der Waals surface area contributed by atoms with E-state index in [1.807, 2.05) is 0 Å². The lowest BCUT2D eigenvalue weighted by molar-refractivity contribution is -0.0531. The van der Waals surface area contributed by atoms with Crippen LogP contribution in [0.2, 0.25) is 0 Å². The van der Waals surface area contributed by atoms with Crippen LogP contribution in [-0.2, 0) is 4.74 Å². The van der Waals surface area contributed by atoms with Gasteiger partial charge in [-0.2, -0.15) is 0 Å². The number of ether oxygens (including phenoxy) is 1. The molecule has 1 fully saturated rings. The minimum absolute atomic E-state index is 0.240. The minimum atomic E-state index is 0.240. The lowest BCUT2D eigenvalue weighted by Gasteiger charge is -2.37. The third kappa shape index (κ3) is 1.74. The molecule has 2 heteroatoms. The van der Waals surface area contributed by atoms with Gasteiger partial charge in [0.15, 0.2) is 0 Å². The highest BCUT2D eigenvalue weighted by Crippen LogP contribution is 2.25. The van der Waals surface area contributed by atoms with E-state index in [-0.39, 0.29) is 6.04 Å². The zero-order valence-electron chi connectivity index (χ0n) is 7.71. The standard InChI is InChI=1S/C9H19NO/c1-4-8-9(10)7(3)6(2)5-11-8/h6-9H,4-5,10H2,1-3H3/t6-,7+,8+,9+/m0/s1. The Hall–Kier alpha value is -0.0800. The van der Waals surface area contributed by atoms with Crippen molar-refractivity contribution in [2.45, 2.75) is 39.3 Å². The highest BCUT2D eigenvalue weighted by molar-refractivity contribution is 4.84. The Bertz CT molecular complexity index is 125. The summed E-state index contributed by atoms with van der Waals surface area (Å²) in [6, 6.07) is 0.240. The highest BCUT2D eigenvalue weighted by Gasteiger charge is 2.31. The normalized spacial score (nSPS) is 45.8. The molecule has 11 heavy (non-hydrogen) atoms. The Morgan fingerprint density at radius 1 is 1.45 bits per heavy atom. The monoisotopic (exact) mass is 157 g/mol. The van der Waals surface area contributed by atoms with Crippen molar-refractivity contribution < 1.29 is 4.74 Å². The van der Waals surface area contributed by atoms with Gasteiger partial charge in [-0.05, 0) is 18.3 Å². The van der Waals surface area contributed by atoms with Gasteiger partial charge in [-0.15, -0.1) is 0 Å². The topological polar surface area (TPSA) is 35.2 Å². The summed E-state index contributed by atoms with van der Waals surface area (Å²) in [6.07, 6.45) is 1.33. The van der Waals surface area contributed by atoms with E-state index in [0.717, 1.165) is 13.0 Å². The lowest BCUT2D eigenvalue weighted by atomic mass is 9.84. The quantitative estimate of drug-likeness (QED) is 0.624. The first-order chi connectivity index (χ1) is 5.16. The van der Waals surface area contributed by atoms with Gasteiger partial charge in [-0.1, -0.05) is 20.8 Å². The van der Waals surface area contributed by atoms with Crippen LogP contribution in [0.1, 0.15) is 27.2 Å². The lowest BCUT2D eigenvalue weighted by Crippen LogP contribution is -2.49. The summed E-state index contributed by atoms with van der Waals surface area (Å²) in [7, 11) is 0. The molecular formula is C9H19NO. The maximum Gasteiger partial charge on any atom is 0.0726 e.